The van der Waals surface area contributed by atoms with Crippen molar-refractivity contribution in [2.45, 2.75) is 25.9 Å². The maximum absolute atomic E-state index is 12.5. The van der Waals surface area contributed by atoms with Crippen LogP contribution in [0.1, 0.15) is 36.4 Å². The fraction of sp³-hybridized carbons (Fsp3) is 0.389. The quantitative estimate of drug-likeness (QED) is 0.805. The van der Waals surface area contributed by atoms with Gasteiger partial charge in [0.1, 0.15) is 0 Å². The summed E-state index contributed by atoms with van der Waals surface area (Å²) in [5, 5.41) is 2.05. The van der Waals surface area contributed by atoms with Gasteiger partial charge in [-0.25, -0.2) is 0 Å². The summed E-state index contributed by atoms with van der Waals surface area (Å²) >= 11 is 1.69. The van der Waals surface area contributed by atoms with Crippen molar-refractivity contribution in [3.05, 3.63) is 58.3 Å². The van der Waals surface area contributed by atoms with Crippen LogP contribution in [0.4, 0.5) is 0 Å². The minimum Gasteiger partial charge on any atom is -0.337 e. The Hall–Kier alpha value is -1.65. The Morgan fingerprint density at radius 3 is 2.32 bits per heavy atom. The molecule has 0 aliphatic carbocycles. The number of nitrogens with zero attached hydrogens (tertiary/aromatic N) is 2. The Kier molecular flexibility index (Phi) is 5.75. The number of carbonyl (C=O) groups excluding carboxylic acids is 1. The van der Waals surface area contributed by atoms with E-state index in [1.165, 1.54) is 10.4 Å². The molecular formula is C18H24N2OS. The van der Waals surface area contributed by atoms with Gasteiger partial charge in [-0.2, -0.15) is 0 Å². The summed E-state index contributed by atoms with van der Waals surface area (Å²) in [5.74, 6) is 0.145. The molecule has 1 amide bonds. The highest BCUT2D eigenvalue weighted by atomic mass is 32.1. The van der Waals surface area contributed by atoms with Crippen LogP contribution in [-0.4, -0.2) is 36.3 Å². The van der Waals surface area contributed by atoms with Crippen molar-refractivity contribution in [1.29, 1.82) is 0 Å². The minimum absolute atomic E-state index is 0.118. The number of rotatable bonds is 6. The smallest absolute Gasteiger partial charge is 0.237 e. The zero-order valence-corrected chi connectivity index (χ0v) is 14.5. The van der Waals surface area contributed by atoms with Crippen LogP contribution >= 0.6 is 11.3 Å². The van der Waals surface area contributed by atoms with E-state index in [9.17, 15) is 4.79 Å². The van der Waals surface area contributed by atoms with Gasteiger partial charge in [0.25, 0.3) is 0 Å². The maximum atomic E-state index is 12.5. The summed E-state index contributed by atoms with van der Waals surface area (Å²) in [4.78, 5) is 17.7. The van der Waals surface area contributed by atoms with E-state index >= 15 is 0 Å². The molecule has 0 N–H and O–H groups in total. The van der Waals surface area contributed by atoms with Crippen LogP contribution in [0, 0.1) is 0 Å². The molecule has 0 radical (unpaired) electrons. The molecule has 4 heteroatoms. The molecule has 3 nitrogen and oxygen atoms in total. The number of likely N-dealkylation sites (N-methyl/N-ethyl adjacent to an activating group) is 2. The molecule has 1 aromatic heterocycles. The van der Waals surface area contributed by atoms with Gasteiger partial charge in [-0.3, -0.25) is 9.69 Å². The van der Waals surface area contributed by atoms with Crippen LogP contribution in [-0.2, 0) is 4.79 Å². The molecule has 22 heavy (non-hydrogen) atoms. The molecule has 0 spiro atoms. The van der Waals surface area contributed by atoms with Crippen molar-refractivity contribution in [3.8, 4) is 0 Å². The summed E-state index contributed by atoms with van der Waals surface area (Å²) in [7, 11) is 3.88. The molecule has 1 aromatic carbocycles. The Morgan fingerprint density at radius 2 is 1.73 bits per heavy atom. The fourth-order valence-corrected chi connectivity index (χ4v) is 3.21. The molecule has 2 atom stereocenters. The largest absolute Gasteiger partial charge is 0.337 e. The first kappa shape index (κ1) is 16.7. The van der Waals surface area contributed by atoms with Crippen LogP contribution in [0.2, 0.25) is 0 Å². The lowest BCUT2D eigenvalue weighted by Crippen LogP contribution is -2.38. The van der Waals surface area contributed by atoms with Crippen LogP contribution in [0.5, 0.6) is 0 Å². The summed E-state index contributed by atoms with van der Waals surface area (Å²) < 4.78 is 0. The third-order valence-electron chi connectivity index (χ3n) is 4.26. The molecule has 2 aromatic rings. The van der Waals surface area contributed by atoms with Gasteiger partial charge in [0.15, 0.2) is 0 Å². The zero-order valence-electron chi connectivity index (χ0n) is 13.7. The van der Waals surface area contributed by atoms with Crippen molar-refractivity contribution >= 4 is 17.2 Å². The topological polar surface area (TPSA) is 23.6 Å². The highest BCUT2D eigenvalue weighted by molar-refractivity contribution is 7.10. The minimum atomic E-state index is 0.118. The van der Waals surface area contributed by atoms with E-state index in [1.54, 1.807) is 11.3 Å². The fourth-order valence-electron chi connectivity index (χ4n) is 2.38. The molecule has 0 aliphatic rings. The monoisotopic (exact) mass is 316 g/mol. The number of hydrogen-bond donors (Lipinski definition) is 0. The Bertz CT molecular complexity index is 582. The van der Waals surface area contributed by atoms with Gasteiger partial charge in [0.2, 0.25) is 5.91 Å². The third kappa shape index (κ3) is 3.96. The molecule has 1 heterocycles. The highest BCUT2D eigenvalue weighted by Crippen LogP contribution is 2.24. The number of thiophene rings is 1. The van der Waals surface area contributed by atoms with Gasteiger partial charge < -0.3 is 4.90 Å². The van der Waals surface area contributed by atoms with Crippen LogP contribution < -0.4 is 0 Å². The number of hydrogen-bond acceptors (Lipinski definition) is 3. The Morgan fingerprint density at radius 1 is 1.05 bits per heavy atom. The lowest BCUT2D eigenvalue weighted by atomic mass is 10.1. The summed E-state index contributed by atoms with van der Waals surface area (Å²) in [6, 6.07) is 14.7. The van der Waals surface area contributed by atoms with E-state index < -0.39 is 0 Å². The normalized spacial score (nSPS) is 13.9. The average molecular weight is 316 g/mol. The molecule has 2 rings (SSSR count). The van der Waals surface area contributed by atoms with Crippen molar-refractivity contribution < 1.29 is 4.79 Å². The molecule has 0 aliphatic heterocycles. The molecule has 118 valence electrons. The Balaban J connectivity index is 1.96. The van der Waals surface area contributed by atoms with E-state index in [-0.39, 0.29) is 18.0 Å². The van der Waals surface area contributed by atoms with Gasteiger partial charge in [-0.15, -0.1) is 11.3 Å². The molecule has 0 fully saturated rings. The lowest BCUT2D eigenvalue weighted by molar-refractivity contribution is -0.133. The van der Waals surface area contributed by atoms with Crippen LogP contribution in [0.3, 0.4) is 0 Å². The predicted octanol–water partition coefficient (Wildman–Crippen LogP) is 3.96. The zero-order chi connectivity index (χ0) is 16.1. The van der Waals surface area contributed by atoms with Gasteiger partial charge in [-0.05, 0) is 37.9 Å². The highest BCUT2D eigenvalue weighted by Gasteiger charge is 2.21. The van der Waals surface area contributed by atoms with Crippen LogP contribution in [0.15, 0.2) is 47.8 Å². The molecule has 0 saturated heterocycles. The number of benzene rings is 1. The van der Waals surface area contributed by atoms with Gasteiger partial charge >= 0.3 is 0 Å². The van der Waals surface area contributed by atoms with Crippen molar-refractivity contribution in [2.24, 2.45) is 0 Å². The standard InChI is InChI=1S/C18H24N2OS/c1-14(16-9-6-5-7-10-16)19(3)13-18(21)20(4)15(2)17-11-8-12-22-17/h5-12,14-15H,13H2,1-4H3. The summed E-state index contributed by atoms with van der Waals surface area (Å²) in [6.45, 7) is 4.62. The van der Waals surface area contributed by atoms with E-state index in [1.807, 2.05) is 48.6 Å². The Labute approximate surface area is 137 Å². The van der Waals surface area contributed by atoms with Crippen molar-refractivity contribution in [1.82, 2.24) is 9.80 Å². The second-order valence-electron chi connectivity index (χ2n) is 5.70. The first-order valence-corrected chi connectivity index (χ1v) is 8.43. The van der Waals surface area contributed by atoms with Gasteiger partial charge in [0.05, 0.1) is 12.6 Å². The maximum Gasteiger partial charge on any atom is 0.237 e. The summed E-state index contributed by atoms with van der Waals surface area (Å²) in [5.41, 5.74) is 1.23. The van der Waals surface area contributed by atoms with Gasteiger partial charge in [-0.1, -0.05) is 36.4 Å². The van der Waals surface area contributed by atoms with Crippen molar-refractivity contribution in [2.75, 3.05) is 20.6 Å². The van der Waals surface area contributed by atoms with E-state index in [0.29, 0.717) is 6.54 Å². The van der Waals surface area contributed by atoms with E-state index in [0.717, 1.165) is 0 Å². The first-order valence-electron chi connectivity index (χ1n) is 7.55. The summed E-state index contributed by atoms with van der Waals surface area (Å²) in [6.07, 6.45) is 0. The average Bonchev–Trinajstić information content (AvgIpc) is 3.07. The van der Waals surface area contributed by atoms with Crippen LogP contribution in [0.25, 0.3) is 0 Å². The first-order chi connectivity index (χ1) is 10.5. The molecule has 2 unspecified atom stereocenters. The molecule has 0 saturated carbocycles. The molecular weight excluding hydrogens is 292 g/mol. The van der Waals surface area contributed by atoms with Crippen molar-refractivity contribution in [3.63, 3.8) is 0 Å². The molecule has 0 bridgehead atoms. The third-order valence-corrected chi connectivity index (χ3v) is 5.30. The lowest BCUT2D eigenvalue weighted by Gasteiger charge is -2.29. The number of carbonyl (C=O) groups is 1. The van der Waals surface area contributed by atoms with Gasteiger partial charge in [0, 0.05) is 18.0 Å². The SMILES string of the molecule is CC(c1ccccc1)N(C)CC(=O)N(C)C(C)c1cccs1. The number of amides is 1. The predicted molar refractivity (Wildman–Crippen MR) is 93.0 cm³/mol. The van der Waals surface area contributed by atoms with E-state index in [2.05, 4.69) is 36.9 Å². The second kappa shape index (κ2) is 7.56. The van der Waals surface area contributed by atoms with E-state index in [4.69, 9.17) is 0 Å². The second-order valence-corrected chi connectivity index (χ2v) is 6.68.